The summed E-state index contributed by atoms with van der Waals surface area (Å²) < 4.78 is 6.21. The van der Waals surface area contributed by atoms with Gasteiger partial charge in [-0.1, -0.05) is 53.7 Å². The van der Waals surface area contributed by atoms with Crippen LogP contribution in [0.4, 0.5) is 0 Å². The molecule has 26 heavy (non-hydrogen) atoms. The normalized spacial score (nSPS) is 10.8. The highest BCUT2D eigenvalue weighted by Crippen LogP contribution is 2.26. The second-order valence-electron chi connectivity index (χ2n) is 5.57. The molecule has 1 aromatic heterocycles. The number of benzene rings is 2. The molecular weight excluding hydrogens is 372 g/mol. The third-order valence-electron chi connectivity index (χ3n) is 3.91. The number of carbonyl (C=O) groups excluding carboxylic acids is 1. The van der Waals surface area contributed by atoms with Crippen molar-refractivity contribution in [2.45, 2.75) is 23.9 Å². The summed E-state index contributed by atoms with van der Waals surface area (Å²) in [6.07, 6.45) is 0.107. The van der Waals surface area contributed by atoms with Gasteiger partial charge in [-0.05, 0) is 23.8 Å². The van der Waals surface area contributed by atoms with E-state index in [2.05, 4.69) is 9.72 Å². The molecule has 2 aromatic carbocycles. The van der Waals surface area contributed by atoms with Crippen molar-refractivity contribution < 1.29 is 9.53 Å². The molecule has 1 heterocycles. The fourth-order valence-electron chi connectivity index (χ4n) is 2.52. The highest BCUT2D eigenvalue weighted by atomic mass is 35.5. The summed E-state index contributed by atoms with van der Waals surface area (Å²) in [7, 11) is 1.33. The van der Waals surface area contributed by atoms with Crippen molar-refractivity contribution in [3.63, 3.8) is 0 Å². The van der Waals surface area contributed by atoms with E-state index < -0.39 is 0 Å². The third-order valence-corrected chi connectivity index (χ3v) is 5.30. The van der Waals surface area contributed by atoms with Crippen LogP contribution in [-0.2, 0) is 21.8 Å². The Balaban J connectivity index is 1.97. The molecule has 0 bridgehead atoms. The molecule has 134 valence electrons. The van der Waals surface area contributed by atoms with E-state index in [0.29, 0.717) is 26.8 Å². The number of para-hydroxylation sites is 1. The SMILES string of the molecule is COC(=O)CCn1c(SCc2ccccc2Cl)nc2ccccc2c1=O. The number of esters is 1. The van der Waals surface area contributed by atoms with Crippen molar-refractivity contribution in [2.75, 3.05) is 7.11 Å². The minimum atomic E-state index is -0.368. The molecule has 0 amide bonds. The quantitative estimate of drug-likeness (QED) is 0.364. The van der Waals surface area contributed by atoms with Crippen LogP contribution in [0.1, 0.15) is 12.0 Å². The van der Waals surface area contributed by atoms with Crippen LogP contribution in [-0.4, -0.2) is 22.6 Å². The summed E-state index contributed by atoms with van der Waals surface area (Å²) in [5.74, 6) is 0.204. The highest BCUT2D eigenvalue weighted by Gasteiger charge is 2.13. The van der Waals surface area contributed by atoms with Gasteiger partial charge < -0.3 is 4.74 Å². The predicted molar refractivity (Wildman–Crippen MR) is 104 cm³/mol. The summed E-state index contributed by atoms with van der Waals surface area (Å²) in [5, 5.41) is 1.75. The van der Waals surface area contributed by atoms with E-state index in [9.17, 15) is 9.59 Å². The molecule has 0 aliphatic rings. The molecular formula is C19H17ClN2O3S. The van der Waals surface area contributed by atoms with Crippen molar-refractivity contribution in [3.8, 4) is 0 Å². The summed E-state index contributed by atoms with van der Waals surface area (Å²) in [5.41, 5.74) is 1.43. The van der Waals surface area contributed by atoms with E-state index in [0.717, 1.165) is 5.56 Å². The number of aromatic nitrogens is 2. The fraction of sp³-hybridized carbons (Fsp3) is 0.211. The van der Waals surface area contributed by atoms with E-state index in [-0.39, 0.29) is 24.5 Å². The first kappa shape index (κ1) is 18.5. The number of fused-ring (bicyclic) bond motifs is 1. The average molecular weight is 389 g/mol. The summed E-state index contributed by atoms with van der Waals surface area (Å²) in [6.45, 7) is 0.216. The summed E-state index contributed by atoms with van der Waals surface area (Å²) in [4.78, 5) is 29.0. The Hall–Kier alpha value is -2.31. The molecule has 7 heteroatoms. The maximum Gasteiger partial charge on any atom is 0.307 e. The van der Waals surface area contributed by atoms with Crippen LogP contribution in [0, 0.1) is 0 Å². The maximum absolute atomic E-state index is 12.9. The number of hydrogen-bond acceptors (Lipinski definition) is 5. The molecule has 0 radical (unpaired) electrons. The Bertz CT molecular complexity index is 1000. The second kappa shape index (κ2) is 8.38. The summed E-state index contributed by atoms with van der Waals surface area (Å²) in [6, 6.07) is 14.7. The minimum absolute atomic E-state index is 0.107. The second-order valence-corrected chi connectivity index (χ2v) is 6.92. The van der Waals surface area contributed by atoms with Crippen molar-refractivity contribution in [2.24, 2.45) is 0 Å². The van der Waals surface area contributed by atoms with Crippen LogP contribution in [0.15, 0.2) is 58.5 Å². The van der Waals surface area contributed by atoms with Gasteiger partial charge in [0.05, 0.1) is 24.4 Å². The number of rotatable bonds is 6. The smallest absolute Gasteiger partial charge is 0.307 e. The molecule has 3 rings (SSSR count). The third kappa shape index (κ3) is 4.08. The van der Waals surface area contributed by atoms with Crippen LogP contribution in [0.25, 0.3) is 10.9 Å². The highest BCUT2D eigenvalue weighted by molar-refractivity contribution is 7.98. The van der Waals surface area contributed by atoms with Crippen molar-refractivity contribution in [1.29, 1.82) is 0 Å². The van der Waals surface area contributed by atoms with Crippen molar-refractivity contribution >= 4 is 40.2 Å². The lowest BCUT2D eigenvalue weighted by Crippen LogP contribution is -2.24. The zero-order valence-corrected chi connectivity index (χ0v) is 15.7. The molecule has 0 spiro atoms. The first-order valence-corrected chi connectivity index (χ1v) is 9.39. The van der Waals surface area contributed by atoms with Gasteiger partial charge in [-0.25, -0.2) is 4.98 Å². The van der Waals surface area contributed by atoms with Gasteiger partial charge >= 0.3 is 5.97 Å². The lowest BCUT2D eigenvalue weighted by Gasteiger charge is -2.13. The summed E-state index contributed by atoms with van der Waals surface area (Å²) >= 11 is 7.63. The monoisotopic (exact) mass is 388 g/mol. The Morgan fingerprint density at radius 2 is 1.92 bits per heavy atom. The van der Waals surface area contributed by atoms with Crippen LogP contribution < -0.4 is 5.56 Å². The molecule has 0 aliphatic carbocycles. The van der Waals surface area contributed by atoms with E-state index in [1.54, 1.807) is 18.2 Å². The lowest BCUT2D eigenvalue weighted by molar-refractivity contribution is -0.140. The number of halogens is 1. The first-order chi connectivity index (χ1) is 12.6. The van der Waals surface area contributed by atoms with Crippen LogP contribution in [0.5, 0.6) is 0 Å². The standard InChI is InChI=1S/C19H17ClN2O3S/c1-25-17(23)10-11-22-18(24)14-7-3-5-9-16(14)21-19(22)26-12-13-6-2-4-8-15(13)20/h2-9H,10-12H2,1H3. The van der Waals surface area contributed by atoms with E-state index in [1.165, 1.54) is 23.4 Å². The molecule has 0 N–H and O–H groups in total. The van der Waals surface area contributed by atoms with Crippen LogP contribution >= 0.6 is 23.4 Å². The molecule has 0 fully saturated rings. The van der Waals surface area contributed by atoms with Gasteiger partial charge in [0.25, 0.3) is 5.56 Å². The first-order valence-electron chi connectivity index (χ1n) is 8.02. The molecule has 3 aromatic rings. The predicted octanol–water partition coefficient (Wildman–Crippen LogP) is 3.91. The number of ether oxygens (including phenoxy) is 1. The van der Waals surface area contributed by atoms with Crippen LogP contribution in [0.3, 0.4) is 0 Å². The van der Waals surface area contributed by atoms with E-state index in [1.807, 2.05) is 30.3 Å². The molecule has 0 saturated heterocycles. The number of thioether (sulfide) groups is 1. The average Bonchev–Trinajstić information content (AvgIpc) is 2.66. The van der Waals surface area contributed by atoms with Gasteiger partial charge in [0.1, 0.15) is 0 Å². The topological polar surface area (TPSA) is 61.2 Å². The number of carbonyl (C=O) groups is 1. The Morgan fingerprint density at radius 1 is 1.19 bits per heavy atom. The molecule has 0 atom stereocenters. The Labute approximate surface area is 160 Å². The van der Waals surface area contributed by atoms with Gasteiger partial charge in [0, 0.05) is 17.3 Å². The molecule has 5 nitrogen and oxygen atoms in total. The van der Waals surface area contributed by atoms with E-state index >= 15 is 0 Å². The van der Waals surface area contributed by atoms with E-state index in [4.69, 9.17) is 11.6 Å². The van der Waals surface area contributed by atoms with Gasteiger partial charge in [0.15, 0.2) is 5.16 Å². The van der Waals surface area contributed by atoms with Gasteiger partial charge in [-0.3, -0.25) is 14.2 Å². The van der Waals surface area contributed by atoms with Gasteiger partial charge in [-0.15, -0.1) is 0 Å². The molecule has 0 saturated carbocycles. The lowest BCUT2D eigenvalue weighted by atomic mass is 10.2. The minimum Gasteiger partial charge on any atom is -0.469 e. The van der Waals surface area contributed by atoms with Crippen molar-refractivity contribution in [1.82, 2.24) is 9.55 Å². The Kier molecular flexibility index (Phi) is 5.96. The molecule has 0 aliphatic heterocycles. The zero-order valence-electron chi connectivity index (χ0n) is 14.1. The fourth-order valence-corrected chi connectivity index (χ4v) is 3.83. The Morgan fingerprint density at radius 3 is 2.69 bits per heavy atom. The number of nitrogens with zero attached hydrogens (tertiary/aromatic N) is 2. The maximum atomic E-state index is 12.9. The van der Waals surface area contributed by atoms with Crippen LogP contribution in [0.2, 0.25) is 5.02 Å². The molecule has 0 unspecified atom stereocenters. The van der Waals surface area contributed by atoms with Crippen molar-refractivity contribution in [3.05, 3.63) is 69.5 Å². The zero-order chi connectivity index (χ0) is 18.5. The number of hydrogen-bond donors (Lipinski definition) is 0. The number of methoxy groups -OCH3 is 1. The van der Waals surface area contributed by atoms with Gasteiger partial charge in [0.2, 0.25) is 0 Å². The largest absolute Gasteiger partial charge is 0.469 e. The van der Waals surface area contributed by atoms with Gasteiger partial charge in [-0.2, -0.15) is 0 Å².